The number of furan rings is 1. The van der Waals surface area contributed by atoms with Gasteiger partial charge in [-0.1, -0.05) is 25.7 Å². The van der Waals surface area contributed by atoms with E-state index in [1.807, 2.05) is 0 Å². The van der Waals surface area contributed by atoms with Crippen molar-refractivity contribution in [1.82, 2.24) is 0 Å². The fourth-order valence-electron chi connectivity index (χ4n) is 3.23. The predicted octanol–water partition coefficient (Wildman–Crippen LogP) is 4.59. The normalized spacial score (nSPS) is 24.0. The summed E-state index contributed by atoms with van der Waals surface area (Å²) in [6, 6.07) is 4.48. The molecule has 0 amide bonds. The summed E-state index contributed by atoms with van der Waals surface area (Å²) in [4.78, 5) is 0. The van der Waals surface area contributed by atoms with Gasteiger partial charge in [-0.2, -0.15) is 0 Å². The van der Waals surface area contributed by atoms with Crippen LogP contribution in [0.2, 0.25) is 0 Å². The third-order valence-corrected chi connectivity index (χ3v) is 4.16. The van der Waals surface area contributed by atoms with Crippen LogP contribution in [0.25, 0.3) is 0 Å². The Morgan fingerprint density at radius 3 is 1.53 bits per heavy atom. The van der Waals surface area contributed by atoms with Crippen LogP contribution in [0.5, 0.6) is 0 Å². The second kappa shape index (κ2) is 4.03. The zero-order valence-electron chi connectivity index (χ0n) is 9.37. The highest BCUT2D eigenvalue weighted by atomic mass is 16.3. The van der Waals surface area contributed by atoms with E-state index < -0.39 is 0 Å². The van der Waals surface area contributed by atoms with Crippen molar-refractivity contribution in [3.8, 4) is 0 Å². The van der Waals surface area contributed by atoms with E-state index in [0.29, 0.717) is 0 Å². The molecule has 2 aliphatic rings. The molecule has 0 bridgehead atoms. The molecule has 2 fully saturated rings. The lowest BCUT2D eigenvalue weighted by atomic mass is 10.1. The molecule has 0 saturated heterocycles. The van der Waals surface area contributed by atoms with Gasteiger partial charge >= 0.3 is 0 Å². The first kappa shape index (κ1) is 9.50. The van der Waals surface area contributed by atoms with Gasteiger partial charge < -0.3 is 4.42 Å². The standard InChI is InChI=1S/C14H20O/c1-2-6-11(5-1)13-9-10-14(15-13)12-7-3-4-8-12/h9-12H,1-8H2. The lowest BCUT2D eigenvalue weighted by Crippen LogP contribution is -1.90. The molecule has 0 aromatic carbocycles. The summed E-state index contributed by atoms with van der Waals surface area (Å²) >= 11 is 0. The van der Waals surface area contributed by atoms with Gasteiger partial charge in [-0.15, -0.1) is 0 Å². The molecule has 0 aliphatic heterocycles. The third kappa shape index (κ3) is 1.84. The van der Waals surface area contributed by atoms with Crippen LogP contribution in [0.15, 0.2) is 16.5 Å². The fraction of sp³-hybridized carbons (Fsp3) is 0.714. The second-order valence-corrected chi connectivity index (χ2v) is 5.20. The van der Waals surface area contributed by atoms with E-state index in [9.17, 15) is 0 Å². The van der Waals surface area contributed by atoms with Crippen LogP contribution >= 0.6 is 0 Å². The van der Waals surface area contributed by atoms with Crippen LogP contribution in [-0.2, 0) is 0 Å². The highest BCUT2D eigenvalue weighted by Crippen LogP contribution is 2.39. The molecule has 1 heteroatoms. The smallest absolute Gasteiger partial charge is 0.107 e. The molecule has 15 heavy (non-hydrogen) atoms. The Hall–Kier alpha value is -0.720. The minimum Gasteiger partial charge on any atom is -0.466 e. The lowest BCUT2D eigenvalue weighted by molar-refractivity contribution is 0.406. The Balaban J connectivity index is 1.74. The zero-order valence-corrected chi connectivity index (χ0v) is 9.37. The first-order valence-electron chi connectivity index (χ1n) is 6.53. The van der Waals surface area contributed by atoms with Gasteiger partial charge in [0.1, 0.15) is 11.5 Å². The summed E-state index contributed by atoms with van der Waals surface area (Å²) in [7, 11) is 0. The van der Waals surface area contributed by atoms with Crippen molar-refractivity contribution >= 4 is 0 Å². The fourth-order valence-corrected chi connectivity index (χ4v) is 3.23. The van der Waals surface area contributed by atoms with E-state index >= 15 is 0 Å². The van der Waals surface area contributed by atoms with Crippen LogP contribution in [0, 0.1) is 0 Å². The molecular weight excluding hydrogens is 184 g/mol. The number of hydrogen-bond acceptors (Lipinski definition) is 1. The SMILES string of the molecule is c1cc(C2CCCC2)oc1C1CCCC1. The van der Waals surface area contributed by atoms with Crippen LogP contribution in [-0.4, -0.2) is 0 Å². The van der Waals surface area contributed by atoms with Gasteiger partial charge in [-0.25, -0.2) is 0 Å². The van der Waals surface area contributed by atoms with Gasteiger partial charge in [0.2, 0.25) is 0 Å². The largest absolute Gasteiger partial charge is 0.466 e. The Kier molecular flexibility index (Phi) is 2.56. The van der Waals surface area contributed by atoms with Crippen molar-refractivity contribution in [3.05, 3.63) is 23.7 Å². The molecule has 1 aromatic heterocycles. The Morgan fingerprint density at radius 1 is 0.733 bits per heavy atom. The molecule has 0 spiro atoms. The molecule has 82 valence electrons. The lowest BCUT2D eigenvalue weighted by Gasteiger charge is -2.07. The van der Waals surface area contributed by atoms with Crippen molar-refractivity contribution in [1.29, 1.82) is 0 Å². The average molecular weight is 204 g/mol. The van der Waals surface area contributed by atoms with E-state index in [2.05, 4.69) is 12.1 Å². The molecule has 1 nitrogen and oxygen atoms in total. The minimum absolute atomic E-state index is 0.736. The predicted molar refractivity (Wildman–Crippen MR) is 61.1 cm³/mol. The van der Waals surface area contributed by atoms with E-state index in [-0.39, 0.29) is 0 Å². The number of hydrogen-bond donors (Lipinski definition) is 0. The molecule has 0 radical (unpaired) electrons. The number of rotatable bonds is 2. The summed E-state index contributed by atoms with van der Waals surface area (Å²) < 4.78 is 6.05. The van der Waals surface area contributed by atoms with Crippen molar-refractivity contribution < 1.29 is 4.42 Å². The molecular formula is C14H20O. The van der Waals surface area contributed by atoms with Gasteiger partial charge in [-0.05, 0) is 37.8 Å². The topological polar surface area (TPSA) is 13.1 Å². The maximum Gasteiger partial charge on any atom is 0.107 e. The molecule has 0 unspecified atom stereocenters. The summed E-state index contributed by atoms with van der Waals surface area (Å²) in [5, 5.41) is 0. The molecule has 2 aliphatic carbocycles. The van der Waals surface area contributed by atoms with Crippen molar-refractivity contribution in [2.24, 2.45) is 0 Å². The van der Waals surface area contributed by atoms with Gasteiger partial charge in [0.15, 0.2) is 0 Å². The van der Waals surface area contributed by atoms with Crippen LogP contribution in [0.4, 0.5) is 0 Å². The quantitative estimate of drug-likeness (QED) is 0.686. The monoisotopic (exact) mass is 204 g/mol. The second-order valence-electron chi connectivity index (χ2n) is 5.20. The summed E-state index contributed by atoms with van der Waals surface area (Å²) in [5.74, 6) is 4.02. The van der Waals surface area contributed by atoms with Gasteiger partial charge in [0.05, 0.1) is 0 Å². The molecule has 1 heterocycles. The summed E-state index contributed by atoms with van der Waals surface area (Å²) in [5.41, 5.74) is 0. The molecule has 0 atom stereocenters. The maximum atomic E-state index is 6.05. The van der Waals surface area contributed by atoms with Crippen molar-refractivity contribution in [3.63, 3.8) is 0 Å². The first-order valence-corrected chi connectivity index (χ1v) is 6.53. The highest BCUT2D eigenvalue weighted by molar-refractivity contribution is 5.16. The minimum atomic E-state index is 0.736. The van der Waals surface area contributed by atoms with Crippen LogP contribution in [0.1, 0.15) is 74.7 Å². The summed E-state index contributed by atoms with van der Waals surface area (Å²) in [6.45, 7) is 0. The van der Waals surface area contributed by atoms with Gasteiger partial charge in [0, 0.05) is 11.8 Å². The molecule has 3 rings (SSSR count). The third-order valence-electron chi connectivity index (χ3n) is 4.16. The van der Waals surface area contributed by atoms with Crippen molar-refractivity contribution in [2.45, 2.75) is 63.2 Å². The van der Waals surface area contributed by atoms with Crippen LogP contribution < -0.4 is 0 Å². The van der Waals surface area contributed by atoms with E-state index in [1.165, 1.54) is 62.9 Å². The van der Waals surface area contributed by atoms with E-state index in [1.54, 1.807) is 0 Å². The Bertz CT molecular complexity index is 283. The molecule has 0 N–H and O–H groups in total. The van der Waals surface area contributed by atoms with Crippen molar-refractivity contribution in [2.75, 3.05) is 0 Å². The van der Waals surface area contributed by atoms with E-state index in [0.717, 1.165) is 11.8 Å². The Morgan fingerprint density at radius 2 is 1.13 bits per heavy atom. The highest BCUT2D eigenvalue weighted by Gasteiger charge is 2.24. The molecule has 2 saturated carbocycles. The van der Waals surface area contributed by atoms with Gasteiger partial charge in [-0.3, -0.25) is 0 Å². The average Bonchev–Trinajstić information content (AvgIpc) is 3.02. The maximum absolute atomic E-state index is 6.05. The zero-order chi connectivity index (χ0) is 10.1. The first-order chi connectivity index (χ1) is 7.43. The molecule has 1 aromatic rings. The van der Waals surface area contributed by atoms with Crippen LogP contribution in [0.3, 0.4) is 0 Å². The Labute approximate surface area is 91.9 Å². The summed E-state index contributed by atoms with van der Waals surface area (Å²) in [6.07, 6.45) is 11.0. The van der Waals surface area contributed by atoms with E-state index in [4.69, 9.17) is 4.42 Å². The van der Waals surface area contributed by atoms with Gasteiger partial charge in [0.25, 0.3) is 0 Å².